The minimum atomic E-state index is 0.568. The number of nitrogens with zero attached hydrogens (tertiary/aromatic N) is 2. The molecule has 0 bridgehead atoms. The van der Waals surface area contributed by atoms with Gasteiger partial charge in [-0.2, -0.15) is 0 Å². The fraction of sp³-hybridized carbons (Fsp3) is 0.538. The monoisotopic (exact) mass is 251 g/mol. The van der Waals surface area contributed by atoms with E-state index in [0.29, 0.717) is 5.88 Å². The summed E-state index contributed by atoms with van der Waals surface area (Å²) in [5.74, 6) is 0.568. The Labute approximate surface area is 108 Å². The second-order valence-corrected chi connectivity index (χ2v) is 3.83. The lowest BCUT2D eigenvalue weighted by Crippen LogP contribution is -2.19. The first-order valence-corrected chi connectivity index (χ1v) is 6.01. The Morgan fingerprint density at radius 3 is 2.78 bits per heavy atom. The highest BCUT2D eigenvalue weighted by atomic mass is 16.5. The number of allylic oxidation sites excluding steroid dienone is 1. The van der Waals surface area contributed by atoms with Gasteiger partial charge in [0.25, 0.3) is 0 Å². The molecule has 1 rings (SSSR count). The smallest absolute Gasteiger partial charge is 0.239 e. The van der Waals surface area contributed by atoms with Gasteiger partial charge in [0, 0.05) is 26.0 Å². The van der Waals surface area contributed by atoms with Crippen LogP contribution in [0.1, 0.15) is 19.0 Å². The molecule has 0 aliphatic heterocycles. The predicted molar refractivity (Wildman–Crippen MR) is 71.6 cm³/mol. The van der Waals surface area contributed by atoms with E-state index in [1.165, 1.54) is 0 Å². The van der Waals surface area contributed by atoms with Crippen LogP contribution in [-0.2, 0) is 4.74 Å². The molecule has 5 heteroatoms. The van der Waals surface area contributed by atoms with E-state index in [0.717, 1.165) is 37.4 Å². The first-order chi connectivity index (χ1) is 8.79. The summed E-state index contributed by atoms with van der Waals surface area (Å²) in [6, 6.07) is 0. The van der Waals surface area contributed by atoms with Gasteiger partial charge in [-0.25, -0.2) is 9.97 Å². The van der Waals surface area contributed by atoms with Crippen LogP contribution < -0.4 is 10.1 Å². The van der Waals surface area contributed by atoms with E-state index < -0.39 is 0 Å². The van der Waals surface area contributed by atoms with E-state index in [1.54, 1.807) is 26.6 Å². The van der Waals surface area contributed by atoms with Gasteiger partial charge in [0.15, 0.2) is 0 Å². The van der Waals surface area contributed by atoms with E-state index >= 15 is 0 Å². The van der Waals surface area contributed by atoms with E-state index in [4.69, 9.17) is 9.47 Å². The van der Waals surface area contributed by atoms with Gasteiger partial charge in [0.1, 0.15) is 5.69 Å². The molecule has 18 heavy (non-hydrogen) atoms. The van der Waals surface area contributed by atoms with Gasteiger partial charge in [-0.3, -0.25) is 0 Å². The lowest BCUT2D eigenvalue weighted by Gasteiger charge is -2.06. The van der Waals surface area contributed by atoms with Crippen molar-refractivity contribution in [2.45, 2.75) is 13.3 Å². The van der Waals surface area contributed by atoms with E-state index in [9.17, 15) is 0 Å². The normalized spacial score (nSPS) is 11.6. The van der Waals surface area contributed by atoms with Crippen LogP contribution in [0.15, 0.2) is 18.5 Å². The average Bonchev–Trinajstić information content (AvgIpc) is 2.42. The van der Waals surface area contributed by atoms with Gasteiger partial charge in [-0.1, -0.05) is 6.08 Å². The molecule has 0 radical (unpaired) electrons. The Balaban J connectivity index is 2.45. The molecule has 0 atom stereocenters. The van der Waals surface area contributed by atoms with Crippen LogP contribution in [0.25, 0.3) is 5.57 Å². The summed E-state index contributed by atoms with van der Waals surface area (Å²) < 4.78 is 10.1. The molecule has 0 amide bonds. The number of hydrogen-bond acceptors (Lipinski definition) is 5. The summed E-state index contributed by atoms with van der Waals surface area (Å²) >= 11 is 0. The first kappa shape index (κ1) is 14.6. The molecular formula is C13H21N3O2. The van der Waals surface area contributed by atoms with Crippen LogP contribution in [-0.4, -0.2) is 43.9 Å². The second-order valence-electron chi connectivity index (χ2n) is 3.83. The maximum absolute atomic E-state index is 5.18. The molecule has 0 saturated heterocycles. The minimum absolute atomic E-state index is 0.568. The summed E-state index contributed by atoms with van der Waals surface area (Å²) in [4.78, 5) is 8.41. The maximum atomic E-state index is 5.18. The van der Waals surface area contributed by atoms with Gasteiger partial charge in [0.2, 0.25) is 5.88 Å². The molecule has 100 valence electrons. The van der Waals surface area contributed by atoms with Gasteiger partial charge in [0.05, 0.1) is 13.7 Å². The number of rotatable bonds is 8. The van der Waals surface area contributed by atoms with Gasteiger partial charge >= 0.3 is 0 Å². The van der Waals surface area contributed by atoms with Gasteiger partial charge in [-0.05, 0) is 25.5 Å². The molecule has 0 spiro atoms. The van der Waals surface area contributed by atoms with Crippen molar-refractivity contribution in [3.63, 3.8) is 0 Å². The molecule has 5 nitrogen and oxygen atoms in total. The van der Waals surface area contributed by atoms with Gasteiger partial charge < -0.3 is 14.8 Å². The van der Waals surface area contributed by atoms with Crippen LogP contribution in [0.3, 0.4) is 0 Å². The Bertz CT molecular complexity index is 380. The number of hydrogen-bond donors (Lipinski definition) is 1. The van der Waals surface area contributed by atoms with Crippen molar-refractivity contribution in [1.29, 1.82) is 0 Å². The Morgan fingerprint density at radius 1 is 1.28 bits per heavy atom. The molecule has 1 aromatic rings. The fourth-order valence-corrected chi connectivity index (χ4v) is 1.53. The van der Waals surface area contributed by atoms with Crippen molar-refractivity contribution in [3.05, 3.63) is 24.2 Å². The molecule has 0 fully saturated rings. The van der Waals surface area contributed by atoms with Crippen LogP contribution in [0.2, 0.25) is 0 Å². The number of aromatic nitrogens is 2. The molecule has 0 aliphatic rings. The summed E-state index contributed by atoms with van der Waals surface area (Å²) in [6.07, 6.45) is 6.37. The zero-order chi connectivity index (χ0) is 13.2. The molecule has 0 saturated carbocycles. The zero-order valence-electron chi connectivity index (χ0n) is 11.3. The van der Waals surface area contributed by atoms with E-state index in [1.807, 2.05) is 6.92 Å². The fourth-order valence-electron chi connectivity index (χ4n) is 1.53. The summed E-state index contributed by atoms with van der Waals surface area (Å²) in [5.41, 5.74) is 1.88. The van der Waals surface area contributed by atoms with Crippen molar-refractivity contribution in [1.82, 2.24) is 15.3 Å². The Kier molecular flexibility index (Phi) is 6.98. The van der Waals surface area contributed by atoms with E-state index in [-0.39, 0.29) is 0 Å². The van der Waals surface area contributed by atoms with Crippen molar-refractivity contribution in [2.75, 3.05) is 33.9 Å². The van der Waals surface area contributed by atoms with Crippen LogP contribution in [0.5, 0.6) is 5.88 Å². The zero-order valence-corrected chi connectivity index (χ0v) is 11.3. The molecule has 0 unspecified atom stereocenters. The minimum Gasteiger partial charge on any atom is -0.479 e. The molecular weight excluding hydrogens is 230 g/mol. The molecule has 0 aliphatic carbocycles. The SMILES string of the molecule is COCCNCC/C=C(/C)c1nccnc1OC. The standard InChI is InChI=1S/C13H21N3O2/c1-11(5-4-6-14-9-10-17-2)12-13(18-3)16-8-7-15-12/h5,7-8,14H,4,6,9-10H2,1-3H3/b11-5-. The van der Waals surface area contributed by atoms with Crippen LogP contribution in [0, 0.1) is 0 Å². The Hall–Kier alpha value is -1.46. The number of methoxy groups -OCH3 is 2. The second kappa shape index (κ2) is 8.60. The highest BCUT2D eigenvalue weighted by molar-refractivity contribution is 5.63. The molecule has 0 aromatic carbocycles. The molecule has 1 heterocycles. The number of nitrogens with one attached hydrogen (secondary N) is 1. The lowest BCUT2D eigenvalue weighted by molar-refractivity contribution is 0.199. The summed E-state index contributed by atoms with van der Waals surface area (Å²) in [6.45, 7) is 4.55. The van der Waals surface area contributed by atoms with Crippen molar-refractivity contribution >= 4 is 5.57 Å². The van der Waals surface area contributed by atoms with Gasteiger partial charge in [-0.15, -0.1) is 0 Å². The van der Waals surface area contributed by atoms with Crippen molar-refractivity contribution in [2.24, 2.45) is 0 Å². The third-order valence-corrected chi connectivity index (χ3v) is 2.49. The quantitative estimate of drug-likeness (QED) is 0.710. The lowest BCUT2D eigenvalue weighted by atomic mass is 10.2. The topological polar surface area (TPSA) is 56.3 Å². The van der Waals surface area contributed by atoms with Crippen LogP contribution >= 0.6 is 0 Å². The largest absolute Gasteiger partial charge is 0.479 e. The third-order valence-electron chi connectivity index (χ3n) is 2.49. The van der Waals surface area contributed by atoms with Crippen LogP contribution in [0.4, 0.5) is 0 Å². The average molecular weight is 251 g/mol. The first-order valence-electron chi connectivity index (χ1n) is 6.01. The summed E-state index contributed by atoms with van der Waals surface area (Å²) in [7, 11) is 3.30. The summed E-state index contributed by atoms with van der Waals surface area (Å²) in [5, 5.41) is 3.28. The highest BCUT2D eigenvalue weighted by Crippen LogP contribution is 2.20. The molecule has 1 aromatic heterocycles. The van der Waals surface area contributed by atoms with E-state index in [2.05, 4.69) is 21.4 Å². The maximum Gasteiger partial charge on any atom is 0.239 e. The Morgan fingerprint density at radius 2 is 2.06 bits per heavy atom. The predicted octanol–water partition coefficient (Wildman–Crippen LogP) is 1.51. The number of ether oxygens (including phenoxy) is 2. The molecule has 1 N–H and O–H groups in total. The third kappa shape index (κ3) is 4.81. The highest BCUT2D eigenvalue weighted by Gasteiger charge is 2.06. The van der Waals surface area contributed by atoms with Crippen molar-refractivity contribution < 1.29 is 9.47 Å². The van der Waals surface area contributed by atoms with Crippen molar-refractivity contribution in [3.8, 4) is 5.88 Å².